The van der Waals surface area contributed by atoms with Crippen molar-refractivity contribution >= 4 is 17.7 Å². The minimum absolute atomic E-state index is 0.0133. The summed E-state index contributed by atoms with van der Waals surface area (Å²) in [5.41, 5.74) is 3.44. The van der Waals surface area contributed by atoms with E-state index in [1.165, 1.54) is 4.90 Å². The van der Waals surface area contributed by atoms with Crippen molar-refractivity contribution in [3.05, 3.63) is 102 Å². The molecule has 0 unspecified atom stereocenters. The molecule has 3 rings (SSSR count). The summed E-state index contributed by atoms with van der Waals surface area (Å²) in [5.74, 6) is 0.0748. The quantitative estimate of drug-likeness (QED) is 0.564. The Morgan fingerprint density at radius 2 is 1.43 bits per heavy atom. The SMILES string of the molecule is CSc1ccc(CN(C)C(=O)CNC(c2ccccc2)c2ccccc2)cc1. The Kier molecular flexibility index (Phi) is 7.29. The predicted octanol–water partition coefficient (Wildman–Crippen LogP) is 4.75. The molecular formula is C24H26N2OS. The van der Waals surface area contributed by atoms with Crippen molar-refractivity contribution in [2.75, 3.05) is 19.8 Å². The van der Waals surface area contributed by atoms with Gasteiger partial charge in [-0.1, -0.05) is 72.8 Å². The summed E-state index contributed by atoms with van der Waals surface area (Å²) in [4.78, 5) is 15.7. The Morgan fingerprint density at radius 3 is 1.93 bits per heavy atom. The van der Waals surface area contributed by atoms with Gasteiger partial charge in [0, 0.05) is 18.5 Å². The summed E-state index contributed by atoms with van der Waals surface area (Å²) in [6.07, 6.45) is 2.06. The molecule has 0 spiro atoms. The Morgan fingerprint density at radius 1 is 0.893 bits per heavy atom. The van der Waals surface area contributed by atoms with Crippen molar-refractivity contribution in [3.8, 4) is 0 Å². The minimum Gasteiger partial charge on any atom is -0.340 e. The maximum atomic E-state index is 12.7. The van der Waals surface area contributed by atoms with E-state index >= 15 is 0 Å². The van der Waals surface area contributed by atoms with Gasteiger partial charge < -0.3 is 4.90 Å². The molecule has 0 saturated carbocycles. The first-order valence-electron chi connectivity index (χ1n) is 9.37. The number of nitrogens with zero attached hydrogens (tertiary/aromatic N) is 1. The molecule has 0 aromatic heterocycles. The maximum Gasteiger partial charge on any atom is 0.236 e. The van der Waals surface area contributed by atoms with Gasteiger partial charge in [-0.2, -0.15) is 0 Å². The topological polar surface area (TPSA) is 32.3 Å². The summed E-state index contributed by atoms with van der Waals surface area (Å²) in [6.45, 7) is 0.893. The third kappa shape index (κ3) is 5.47. The number of nitrogens with one attached hydrogen (secondary N) is 1. The van der Waals surface area contributed by atoms with E-state index in [-0.39, 0.29) is 18.5 Å². The van der Waals surface area contributed by atoms with Crippen molar-refractivity contribution in [1.29, 1.82) is 0 Å². The Balaban J connectivity index is 1.64. The van der Waals surface area contributed by atoms with Crippen LogP contribution in [0.25, 0.3) is 0 Å². The number of amides is 1. The van der Waals surface area contributed by atoms with Gasteiger partial charge in [-0.3, -0.25) is 10.1 Å². The molecule has 1 N–H and O–H groups in total. The van der Waals surface area contributed by atoms with E-state index in [0.29, 0.717) is 6.54 Å². The average molecular weight is 391 g/mol. The number of hydrogen-bond donors (Lipinski definition) is 1. The van der Waals surface area contributed by atoms with Crippen LogP contribution in [0.5, 0.6) is 0 Å². The standard InChI is InChI=1S/C24H26N2OS/c1-26(18-19-13-15-22(28-2)16-14-19)23(27)17-25-24(20-9-5-3-6-10-20)21-11-7-4-8-12-21/h3-16,24-25H,17-18H2,1-2H3. The summed E-state index contributed by atoms with van der Waals surface area (Å²) in [7, 11) is 1.85. The van der Waals surface area contributed by atoms with Crippen LogP contribution in [0.1, 0.15) is 22.7 Å². The average Bonchev–Trinajstić information content (AvgIpc) is 2.76. The molecule has 4 heteroatoms. The largest absolute Gasteiger partial charge is 0.340 e. The van der Waals surface area contributed by atoms with Gasteiger partial charge in [0.2, 0.25) is 5.91 Å². The second-order valence-corrected chi connectivity index (χ2v) is 7.61. The summed E-state index contributed by atoms with van der Waals surface area (Å²) < 4.78 is 0. The molecular weight excluding hydrogens is 364 g/mol. The molecule has 0 saturated heterocycles. The first kappa shape index (κ1) is 20.2. The zero-order valence-corrected chi connectivity index (χ0v) is 17.2. The van der Waals surface area contributed by atoms with Gasteiger partial charge in [-0.15, -0.1) is 11.8 Å². The van der Waals surface area contributed by atoms with E-state index < -0.39 is 0 Å². The molecule has 0 atom stereocenters. The van der Waals surface area contributed by atoms with Crippen LogP contribution >= 0.6 is 11.8 Å². The fraction of sp³-hybridized carbons (Fsp3) is 0.208. The van der Waals surface area contributed by atoms with Crippen LogP contribution in [0.3, 0.4) is 0 Å². The lowest BCUT2D eigenvalue weighted by molar-refractivity contribution is -0.129. The predicted molar refractivity (Wildman–Crippen MR) is 117 cm³/mol. The second kappa shape index (κ2) is 10.1. The number of likely N-dealkylation sites (N-methyl/N-ethyl adjacent to an activating group) is 1. The first-order chi connectivity index (χ1) is 13.7. The van der Waals surface area contributed by atoms with E-state index in [2.05, 4.69) is 60.1 Å². The molecule has 0 aliphatic rings. The van der Waals surface area contributed by atoms with Crippen molar-refractivity contribution < 1.29 is 4.79 Å². The molecule has 28 heavy (non-hydrogen) atoms. The van der Waals surface area contributed by atoms with E-state index in [4.69, 9.17) is 0 Å². The van der Waals surface area contributed by atoms with Crippen molar-refractivity contribution in [2.45, 2.75) is 17.5 Å². The molecule has 3 aromatic carbocycles. The molecule has 1 amide bonds. The number of hydrogen-bond acceptors (Lipinski definition) is 3. The molecule has 0 heterocycles. The molecule has 3 nitrogen and oxygen atoms in total. The summed E-state index contributed by atoms with van der Waals surface area (Å²) in [6, 6.07) is 28.8. The van der Waals surface area contributed by atoms with Gasteiger partial charge in [-0.05, 0) is 35.1 Å². The summed E-state index contributed by atoms with van der Waals surface area (Å²) >= 11 is 1.72. The highest BCUT2D eigenvalue weighted by Crippen LogP contribution is 2.21. The fourth-order valence-corrected chi connectivity index (χ4v) is 3.54. The van der Waals surface area contributed by atoms with E-state index in [1.807, 2.05) is 43.4 Å². The van der Waals surface area contributed by atoms with Crippen molar-refractivity contribution in [3.63, 3.8) is 0 Å². The van der Waals surface area contributed by atoms with Gasteiger partial charge in [-0.25, -0.2) is 0 Å². The van der Waals surface area contributed by atoms with Crippen LogP contribution in [-0.2, 0) is 11.3 Å². The maximum absolute atomic E-state index is 12.7. The van der Waals surface area contributed by atoms with Crippen LogP contribution in [0.2, 0.25) is 0 Å². The lowest BCUT2D eigenvalue weighted by Gasteiger charge is -2.22. The molecule has 0 fully saturated rings. The van der Waals surface area contributed by atoms with Gasteiger partial charge in [0.25, 0.3) is 0 Å². The van der Waals surface area contributed by atoms with Gasteiger partial charge in [0.05, 0.1) is 12.6 Å². The third-order valence-corrected chi connectivity index (χ3v) is 5.47. The molecule has 3 aromatic rings. The van der Waals surface area contributed by atoms with Crippen molar-refractivity contribution in [1.82, 2.24) is 10.2 Å². The lowest BCUT2D eigenvalue weighted by atomic mass is 9.99. The normalized spacial score (nSPS) is 10.8. The van der Waals surface area contributed by atoms with Crippen LogP contribution in [0.15, 0.2) is 89.8 Å². The third-order valence-electron chi connectivity index (χ3n) is 4.73. The lowest BCUT2D eigenvalue weighted by Crippen LogP contribution is -2.37. The van der Waals surface area contributed by atoms with Crippen LogP contribution < -0.4 is 5.32 Å². The highest BCUT2D eigenvalue weighted by Gasteiger charge is 2.16. The summed E-state index contributed by atoms with van der Waals surface area (Å²) in [5, 5.41) is 3.44. The second-order valence-electron chi connectivity index (χ2n) is 6.73. The number of thioether (sulfide) groups is 1. The van der Waals surface area contributed by atoms with Gasteiger partial charge >= 0.3 is 0 Å². The monoisotopic (exact) mass is 390 g/mol. The van der Waals surface area contributed by atoms with E-state index in [0.717, 1.165) is 16.7 Å². The van der Waals surface area contributed by atoms with Crippen LogP contribution in [0.4, 0.5) is 0 Å². The minimum atomic E-state index is -0.0133. The van der Waals surface area contributed by atoms with Gasteiger partial charge in [0.15, 0.2) is 0 Å². The zero-order valence-electron chi connectivity index (χ0n) is 16.3. The highest BCUT2D eigenvalue weighted by atomic mass is 32.2. The van der Waals surface area contributed by atoms with E-state index in [1.54, 1.807) is 16.7 Å². The Labute approximate surface area is 171 Å². The Hall–Kier alpha value is -2.56. The van der Waals surface area contributed by atoms with Gasteiger partial charge in [0.1, 0.15) is 0 Å². The fourth-order valence-electron chi connectivity index (χ4n) is 3.14. The molecule has 0 aliphatic heterocycles. The number of carbonyl (C=O) groups is 1. The number of carbonyl (C=O) groups excluding carboxylic acids is 1. The Bertz CT molecular complexity index is 827. The molecule has 0 radical (unpaired) electrons. The van der Waals surface area contributed by atoms with Crippen molar-refractivity contribution in [2.24, 2.45) is 0 Å². The molecule has 0 aliphatic carbocycles. The van der Waals surface area contributed by atoms with E-state index in [9.17, 15) is 4.79 Å². The number of rotatable bonds is 8. The smallest absolute Gasteiger partial charge is 0.236 e. The highest BCUT2D eigenvalue weighted by molar-refractivity contribution is 7.98. The molecule has 144 valence electrons. The molecule has 0 bridgehead atoms. The van der Waals surface area contributed by atoms with Crippen LogP contribution in [0, 0.1) is 0 Å². The number of benzene rings is 3. The zero-order chi connectivity index (χ0) is 19.8. The first-order valence-corrected chi connectivity index (χ1v) is 10.6. The van der Waals surface area contributed by atoms with Crippen LogP contribution in [-0.4, -0.2) is 30.7 Å².